The van der Waals surface area contributed by atoms with Gasteiger partial charge in [-0.2, -0.15) is 0 Å². The smallest absolute Gasteiger partial charge is 0.0210 e. The van der Waals surface area contributed by atoms with Gasteiger partial charge in [0.05, 0.1) is 0 Å². The van der Waals surface area contributed by atoms with Gasteiger partial charge in [-0.1, -0.05) is 34.1 Å². The molecule has 1 atom stereocenters. The molecule has 2 saturated carbocycles. The molecular formula is C17H23BrN2. The molecule has 1 unspecified atom stereocenters. The number of hydrogen-bond donors (Lipinski definition) is 1. The highest BCUT2D eigenvalue weighted by Gasteiger charge is 2.37. The van der Waals surface area contributed by atoms with Crippen molar-refractivity contribution in [2.45, 2.75) is 56.1 Å². The summed E-state index contributed by atoms with van der Waals surface area (Å²) in [5, 5.41) is 3.89. The van der Waals surface area contributed by atoms with Crippen LogP contribution in [0.2, 0.25) is 0 Å². The average Bonchev–Trinajstić information content (AvgIpc) is 3.15. The molecule has 0 aromatic heterocycles. The summed E-state index contributed by atoms with van der Waals surface area (Å²) >= 11 is 3.68. The first-order valence-corrected chi connectivity index (χ1v) is 8.83. The minimum absolute atomic E-state index is 0.747. The maximum atomic E-state index is 3.89. The average molecular weight is 335 g/mol. The fraction of sp³-hybridized carbons (Fsp3) is 0.647. The van der Waals surface area contributed by atoms with Crippen molar-refractivity contribution in [3.8, 4) is 0 Å². The zero-order valence-corrected chi connectivity index (χ0v) is 13.5. The van der Waals surface area contributed by atoms with E-state index in [2.05, 4.69) is 50.4 Å². The van der Waals surface area contributed by atoms with Crippen LogP contribution in [0.15, 0.2) is 28.7 Å². The Hall–Kier alpha value is -0.380. The summed E-state index contributed by atoms with van der Waals surface area (Å²) in [4.78, 5) is 2.70. The highest BCUT2D eigenvalue weighted by atomic mass is 79.9. The second kappa shape index (κ2) is 5.43. The Balaban J connectivity index is 1.26. The molecule has 3 fully saturated rings. The minimum atomic E-state index is 0.747. The summed E-state index contributed by atoms with van der Waals surface area (Å²) in [5.74, 6) is 0.754. The van der Waals surface area contributed by atoms with E-state index in [0.717, 1.165) is 24.0 Å². The topological polar surface area (TPSA) is 15.3 Å². The van der Waals surface area contributed by atoms with Crippen molar-refractivity contribution < 1.29 is 0 Å². The van der Waals surface area contributed by atoms with Gasteiger partial charge in [0.1, 0.15) is 0 Å². The standard InChI is InChI=1S/C17H23BrN2/c18-17-4-2-1-3-16(17)12-9-14(10-12)19-13-7-8-20(11-13)15-5-6-15/h1-4,12-15,19H,5-11H2. The number of hydrogen-bond acceptors (Lipinski definition) is 2. The molecule has 1 aromatic carbocycles. The van der Waals surface area contributed by atoms with E-state index in [0.29, 0.717) is 0 Å². The lowest BCUT2D eigenvalue weighted by molar-refractivity contribution is 0.254. The summed E-state index contributed by atoms with van der Waals surface area (Å²) < 4.78 is 1.28. The lowest BCUT2D eigenvalue weighted by Gasteiger charge is -2.38. The van der Waals surface area contributed by atoms with Crippen LogP contribution in [-0.2, 0) is 0 Å². The quantitative estimate of drug-likeness (QED) is 0.906. The van der Waals surface area contributed by atoms with Crippen LogP contribution in [0.3, 0.4) is 0 Å². The van der Waals surface area contributed by atoms with Crippen molar-refractivity contribution in [2.24, 2.45) is 0 Å². The highest BCUT2D eigenvalue weighted by Crippen LogP contribution is 2.40. The van der Waals surface area contributed by atoms with Gasteiger partial charge in [0.25, 0.3) is 0 Å². The first-order chi connectivity index (χ1) is 9.79. The second-order valence-corrected chi connectivity index (χ2v) is 7.62. The van der Waals surface area contributed by atoms with Crippen molar-refractivity contribution in [1.29, 1.82) is 0 Å². The monoisotopic (exact) mass is 334 g/mol. The van der Waals surface area contributed by atoms with Crippen LogP contribution in [0.5, 0.6) is 0 Å². The van der Waals surface area contributed by atoms with E-state index in [4.69, 9.17) is 0 Å². The van der Waals surface area contributed by atoms with Gasteiger partial charge in [0.2, 0.25) is 0 Å². The maximum Gasteiger partial charge on any atom is 0.0210 e. The number of nitrogens with one attached hydrogen (secondary N) is 1. The highest BCUT2D eigenvalue weighted by molar-refractivity contribution is 9.10. The molecule has 4 rings (SSSR count). The van der Waals surface area contributed by atoms with Crippen LogP contribution in [0.1, 0.15) is 43.6 Å². The van der Waals surface area contributed by atoms with Gasteiger partial charge in [-0.3, -0.25) is 4.90 Å². The molecular weight excluding hydrogens is 312 g/mol. The summed E-state index contributed by atoms with van der Waals surface area (Å²) in [7, 11) is 0. The molecule has 2 nitrogen and oxygen atoms in total. The molecule has 3 heteroatoms. The molecule has 0 radical (unpaired) electrons. The van der Waals surface area contributed by atoms with Crippen LogP contribution in [-0.4, -0.2) is 36.1 Å². The van der Waals surface area contributed by atoms with Gasteiger partial charge < -0.3 is 5.32 Å². The zero-order valence-electron chi connectivity index (χ0n) is 11.9. The zero-order chi connectivity index (χ0) is 13.5. The van der Waals surface area contributed by atoms with Gasteiger partial charge in [0, 0.05) is 35.7 Å². The Labute approximate surface area is 130 Å². The van der Waals surface area contributed by atoms with Gasteiger partial charge in [-0.25, -0.2) is 0 Å². The van der Waals surface area contributed by atoms with E-state index in [9.17, 15) is 0 Å². The van der Waals surface area contributed by atoms with Gasteiger partial charge in [-0.05, 0) is 49.7 Å². The third kappa shape index (κ3) is 2.68. The third-order valence-electron chi connectivity index (χ3n) is 5.24. The van der Waals surface area contributed by atoms with E-state index in [1.165, 1.54) is 55.2 Å². The summed E-state index contributed by atoms with van der Waals surface area (Å²) in [5.41, 5.74) is 1.50. The van der Waals surface area contributed by atoms with Crippen molar-refractivity contribution in [3.05, 3.63) is 34.3 Å². The van der Waals surface area contributed by atoms with E-state index < -0.39 is 0 Å². The maximum absolute atomic E-state index is 3.89. The largest absolute Gasteiger partial charge is 0.310 e. The second-order valence-electron chi connectivity index (χ2n) is 6.77. The minimum Gasteiger partial charge on any atom is -0.310 e. The molecule has 3 aliphatic rings. The van der Waals surface area contributed by atoms with Crippen molar-refractivity contribution in [3.63, 3.8) is 0 Å². The number of nitrogens with zero attached hydrogens (tertiary/aromatic N) is 1. The van der Waals surface area contributed by atoms with E-state index >= 15 is 0 Å². The Bertz CT molecular complexity index is 480. The molecule has 20 heavy (non-hydrogen) atoms. The molecule has 0 bridgehead atoms. The van der Waals surface area contributed by atoms with Crippen LogP contribution in [0, 0.1) is 0 Å². The molecule has 1 N–H and O–H groups in total. The number of rotatable bonds is 4. The Morgan fingerprint density at radius 3 is 2.60 bits per heavy atom. The van der Waals surface area contributed by atoms with E-state index in [-0.39, 0.29) is 0 Å². The van der Waals surface area contributed by atoms with E-state index in [1.54, 1.807) is 0 Å². The first kappa shape index (κ1) is 13.3. The number of benzene rings is 1. The van der Waals surface area contributed by atoms with Crippen molar-refractivity contribution in [2.75, 3.05) is 13.1 Å². The molecule has 108 valence electrons. The SMILES string of the molecule is Brc1ccccc1C1CC(NC2CCN(C3CC3)C2)C1. The predicted octanol–water partition coefficient (Wildman–Crippen LogP) is 3.52. The predicted molar refractivity (Wildman–Crippen MR) is 86.0 cm³/mol. The van der Waals surface area contributed by atoms with Crippen LogP contribution in [0.25, 0.3) is 0 Å². The number of halogens is 1. The van der Waals surface area contributed by atoms with Crippen LogP contribution >= 0.6 is 15.9 Å². The summed E-state index contributed by atoms with van der Waals surface area (Å²) in [6.07, 6.45) is 6.86. The molecule has 0 amide bonds. The molecule has 0 spiro atoms. The number of likely N-dealkylation sites (tertiary alicyclic amines) is 1. The Morgan fingerprint density at radius 1 is 1.05 bits per heavy atom. The van der Waals surface area contributed by atoms with Crippen LogP contribution < -0.4 is 5.32 Å². The van der Waals surface area contributed by atoms with E-state index in [1.807, 2.05) is 0 Å². The third-order valence-corrected chi connectivity index (χ3v) is 5.96. The summed E-state index contributed by atoms with van der Waals surface area (Å²) in [6.45, 7) is 2.61. The first-order valence-electron chi connectivity index (χ1n) is 8.04. The Kier molecular flexibility index (Phi) is 3.61. The van der Waals surface area contributed by atoms with Gasteiger partial charge >= 0.3 is 0 Å². The fourth-order valence-electron chi connectivity index (χ4n) is 3.84. The summed E-state index contributed by atoms with van der Waals surface area (Å²) in [6, 6.07) is 11.1. The Morgan fingerprint density at radius 2 is 1.85 bits per heavy atom. The van der Waals surface area contributed by atoms with Gasteiger partial charge in [-0.15, -0.1) is 0 Å². The normalized spacial score (nSPS) is 34.1. The molecule has 1 saturated heterocycles. The molecule has 1 heterocycles. The lowest BCUT2D eigenvalue weighted by Crippen LogP contribution is -2.46. The molecule has 2 aliphatic carbocycles. The molecule has 1 aromatic rings. The van der Waals surface area contributed by atoms with Crippen molar-refractivity contribution >= 4 is 15.9 Å². The van der Waals surface area contributed by atoms with Crippen molar-refractivity contribution in [1.82, 2.24) is 10.2 Å². The molecule has 1 aliphatic heterocycles. The van der Waals surface area contributed by atoms with Gasteiger partial charge in [0.15, 0.2) is 0 Å². The van der Waals surface area contributed by atoms with Crippen LogP contribution in [0.4, 0.5) is 0 Å². The fourth-order valence-corrected chi connectivity index (χ4v) is 4.45. The lowest BCUT2D eigenvalue weighted by atomic mass is 9.75.